The topological polar surface area (TPSA) is 52.6 Å². The Morgan fingerprint density at radius 2 is 2.56 bits per heavy atom. The number of carbonyl (C=O) groups excluding carboxylic acids is 1. The molecule has 1 amide bonds. The Bertz CT molecular complexity index is 380. The lowest BCUT2D eigenvalue weighted by Crippen LogP contribution is -2.41. The molecule has 0 saturated carbocycles. The first-order valence-electron chi connectivity index (χ1n) is 6.38. The highest BCUT2D eigenvalue weighted by molar-refractivity contribution is 7.10. The number of amides is 1. The SMILES string of the molecule is CC(NC(=O)CN1CCCC1CO)c1cccs1. The van der Waals surface area contributed by atoms with Gasteiger partial charge in [-0.2, -0.15) is 0 Å². The van der Waals surface area contributed by atoms with E-state index in [1.54, 1.807) is 11.3 Å². The van der Waals surface area contributed by atoms with Gasteiger partial charge in [0, 0.05) is 10.9 Å². The number of hydrogen-bond donors (Lipinski definition) is 2. The Morgan fingerprint density at radius 1 is 1.72 bits per heavy atom. The minimum absolute atomic E-state index is 0.0382. The lowest BCUT2D eigenvalue weighted by Gasteiger charge is -2.23. The molecule has 1 fully saturated rings. The van der Waals surface area contributed by atoms with Gasteiger partial charge in [0.2, 0.25) is 5.91 Å². The van der Waals surface area contributed by atoms with E-state index < -0.39 is 0 Å². The molecule has 0 aliphatic carbocycles. The number of aliphatic hydroxyl groups is 1. The zero-order chi connectivity index (χ0) is 13.0. The van der Waals surface area contributed by atoms with Gasteiger partial charge in [-0.3, -0.25) is 9.69 Å². The number of aliphatic hydroxyl groups excluding tert-OH is 1. The maximum Gasteiger partial charge on any atom is 0.234 e. The molecule has 1 aromatic rings. The molecule has 4 nitrogen and oxygen atoms in total. The minimum atomic E-state index is 0.0382. The van der Waals surface area contributed by atoms with Gasteiger partial charge < -0.3 is 10.4 Å². The van der Waals surface area contributed by atoms with E-state index in [-0.39, 0.29) is 24.6 Å². The normalized spacial score (nSPS) is 22.0. The van der Waals surface area contributed by atoms with Crippen LogP contribution >= 0.6 is 11.3 Å². The molecule has 1 aromatic heterocycles. The van der Waals surface area contributed by atoms with Gasteiger partial charge in [-0.1, -0.05) is 6.07 Å². The second-order valence-corrected chi connectivity index (χ2v) is 5.73. The third-order valence-corrected chi connectivity index (χ3v) is 4.46. The van der Waals surface area contributed by atoms with Crippen molar-refractivity contribution in [3.8, 4) is 0 Å². The number of nitrogens with one attached hydrogen (secondary N) is 1. The summed E-state index contributed by atoms with van der Waals surface area (Å²) in [6.45, 7) is 3.44. The van der Waals surface area contributed by atoms with Crippen LogP contribution in [-0.4, -0.2) is 41.7 Å². The number of thiophene rings is 1. The molecule has 2 rings (SSSR count). The largest absolute Gasteiger partial charge is 0.395 e. The van der Waals surface area contributed by atoms with Crippen molar-refractivity contribution in [3.05, 3.63) is 22.4 Å². The molecule has 1 aliphatic heterocycles. The molecule has 0 radical (unpaired) electrons. The van der Waals surface area contributed by atoms with Gasteiger partial charge in [-0.15, -0.1) is 11.3 Å². The van der Waals surface area contributed by atoms with Crippen molar-refractivity contribution in [2.45, 2.75) is 31.8 Å². The van der Waals surface area contributed by atoms with Crippen LogP contribution in [0.5, 0.6) is 0 Å². The highest BCUT2D eigenvalue weighted by Gasteiger charge is 2.25. The van der Waals surface area contributed by atoms with Crippen molar-refractivity contribution in [1.29, 1.82) is 0 Å². The monoisotopic (exact) mass is 268 g/mol. The van der Waals surface area contributed by atoms with Crippen LogP contribution in [0, 0.1) is 0 Å². The van der Waals surface area contributed by atoms with Crippen molar-refractivity contribution >= 4 is 17.2 Å². The third-order valence-electron chi connectivity index (χ3n) is 3.40. The Kier molecular flexibility index (Phi) is 4.74. The van der Waals surface area contributed by atoms with Crippen molar-refractivity contribution in [2.75, 3.05) is 19.7 Å². The van der Waals surface area contributed by atoms with E-state index in [1.807, 2.05) is 24.4 Å². The fourth-order valence-corrected chi connectivity index (χ4v) is 3.12. The third kappa shape index (κ3) is 3.31. The van der Waals surface area contributed by atoms with Crippen LogP contribution in [0.15, 0.2) is 17.5 Å². The molecule has 18 heavy (non-hydrogen) atoms. The number of hydrogen-bond acceptors (Lipinski definition) is 4. The standard InChI is InChI=1S/C13H20N2O2S/c1-10(12-5-3-7-18-12)14-13(17)8-15-6-2-4-11(15)9-16/h3,5,7,10-11,16H,2,4,6,8-9H2,1H3,(H,14,17). The van der Waals surface area contributed by atoms with Gasteiger partial charge in [-0.25, -0.2) is 0 Å². The molecular formula is C13H20N2O2S. The zero-order valence-corrected chi connectivity index (χ0v) is 11.4. The van der Waals surface area contributed by atoms with Crippen LogP contribution < -0.4 is 5.32 Å². The van der Waals surface area contributed by atoms with E-state index in [1.165, 1.54) is 4.88 Å². The van der Waals surface area contributed by atoms with Gasteiger partial charge in [0.1, 0.15) is 0 Å². The Labute approximate surface area is 112 Å². The van der Waals surface area contributed by atoms with E-state index >= 15 is 0 Å². The minimum Gasteiger partial charge on any atom is -0.395 e. The average molecular weight is 268 g/mol. The molecule has 0 spiro atoms. The Hall–Kier alpha value is -0.910. The van der Waals surface area contributed by atoms with E-state index in [0.29, 0.717) is 6.54 Å². The molecule has 1 aliphatic rings. The number of rotatable bonds is 5. The average Bonchev–Trinajstić information content (AvgIpc) is 2.98. The molecule has 5 heteroatoms. The molecule has 100 valence electrons. The molecule has 2 unspecified atom stereocenters. The molecule has 2 heterocycles. The van der Waals surface area contributed by atoms with Crippen LogP contribution in [0.1, 0.15) is 30.7 Å². The number of likely N-dealkylation sites (tertiary alicyclic amines) is 1. The maximum absolute atomic E-state index is 11.9. The fourth-order valence-electron chi connectivity index (χ4n) is 2.39. The summed E-state index contributed by atoms with van der Waals surface area (Å²) in [4.78, 5) is 15.2. The van der Waals surface area contributed by atoms with Gasteiger partial charge >= 0.3 is 0 Å². The van der Waals surface area contributed by atoms with Crippen molar-refractivity contribution in [1.82, 2.24) is 10.2 Å². The fraction of sp³-hybridized carbons (Fsp3) is 0.615. The summed E-state index contributed by atoms with van der Waals surface area (Å²) >= 11 is 1.65. The summed E-state index contributed by atoms with van der Waals surface area (Å²) in [5, 5.41) is 14.2. The maximum atomic E-state index is 11.9. The van der Waals surface area contributed by atoms with E-state index in [2.05, 4.69) is 10.2 Å². The van der Waals surface area contributed by atoms with E-state index in [4.69, 9.17) is 0 Å². The van der Waals surface area contributed by atoms with Crippen LogP contribution in [0.3, 0.4) is 0 Å². The lowest BCUT2D eigenvalue weighted by molar-refractivity contribution is -0.123. The van der Waals surface area contributed by atoms with Crippen molar-refractivity contribution in [2.24, 2.45) is 0 Å². The number of nitrogens with zero attached hydrogens (tertiary/aromatic N) is 1. The van der Waals surface area contributed by atoms with Crippen LogP contribution in [0.25, 0.3) is 0 Å². The smallest absolute Gasteiger partial charge is 0.234 e. The summed E-state index contributed by atoms with van der Waals surface area (Å²) in [7, 11) is 0. The van der Waals surface area contributed by atoms with E-state index in [0.717, 1.165) is 19.4 Å². The van der Waals surface area contributed by atoms with Gasteiger partial charge in [0.15, 0.2) is 0 Å². The zero-order valence-electron chi connectivity index (χ0n) is 10.6. The molecule has 2 atom stereocenters. The first-order valence-corrected chi connectivity index (χ1v) is 7.26. The first kappa shape index (κ1) is 13.5. The van der Waals surface area contributed by atoms with Crippen LogP contribution in [0.2, 0.25) is 0 Å². The number of carbonyl (C=O) groups is 1. The molecule has 0 aromatic carbocycles. The van der Waals surface area contributed by atoms with Crippen LogP contribution in [-0.2, 0) is 4.79 Å². The van der Waals surface area contributed by atoms with Crippen molar-refractivity contribution < 1.29 is 9.90 Å². The lowest BCUT2D eigenvalue weighted by atomic mass is 10.2. The highest BCUT2D eigenvalue weighted by Crippen LogP contribution is 2.19. The van der Waals surface area contributed by atoms with Gasteiger partial charge in [0.25, 0.3) is 0 Å². The first-order chi connectivity index (χ1) is 8.70. The van der Waals surface area contributed by atoms with Crippen molar-refractivity contribution in [3.63, 3.8) is 0 Å². The molecule has 2 N–H and O–H groups in total. The quantitative estimate of drug-likeness (QED) is 0.848. The molecule has 0 bridgehead atoms. The summed E-state index contributed by atoms with van der Waals surface area (Å²) in [6.07, 6.45) is 2.06. The predicted octanol–water partition coefficient (Wildman–Crippen LogP) is 1.38. The van der Waals surface area contributed by atoms with Crippen LogP contribution in [0.4, 0.5) is 0 Å². The molecule has 1 saturated heterocycles. The van der Waals surface area contributed by atoms with Gasteiger partial charge in [-0.05, 0) is 37.8 Å². The second kappa shape index (κ2) is 6.31. The molecular weight excluding hydrogens is 248 g/mol. The summed E-state index contributed by atoms with van der Waals surface area (Å²) < 4.78 is 0. The van der Waals surface area contributed by atoms with Gasteiger partial charge in [0.05, 0.1) is 19.2 Å². The Balaban J connectivity index is 1.81. The highest BCUT2D eigenvalue weighted by atomic mass is 32.1. The predicted molar refractivity (Wildman–Crippen MR) is 72.6 cm³/mol. The summed E-state index contributed by atoms with van der Waals surface area (Å²) in [5.41, 5.74) is 0. The summed E-state index contributed by atoms with van der Waals surface area (Å²) in [5.74, 6) is 0.0382. The Morgan fingerprint density at radius 3 is 3.22 bits per heavy atom. The van der Waals surface area contributed by atoms with E-state index in [9.17, 15) is 9.90 Å². The summed E-state index contributed by atoms with van der Waals surface area (Å²) in [6, 6.07) is 4.24. The second-order valence-electron chi connectivity index (χ2n) is 4.75.